The van der Waals surface area contributed by atoms with E-state index in [4.69, 9.17) is 0 Å². The second kappa shape index (κ2) is 8.39. The molecule has 0 radical (unpaired) electrons. The maximum Gasteiger partial charge on any atom is 0.326 e. The molecule has 0 saturated carbocycles. The number of aliphatic carboxylic acids is 1. The number of aromatic nitrogens is 3. The highest BCUT2D eigenvalue weighted by atomic mass is 19.1. The van der Waals surface area contributed by atoms with Crippen molar-refractivity contribution in [3.8, 4) is 5.69 Å². The molecule has 0 aliphatic rings. The van der Waals surface area contributed by atoms with Crippen LogP contribution in [-0.2, 0) is 9.59 Å². The maximum atomic E-state index is 13.1. The van der Waals surface area contributed by atoms with Crippen LogP contribution in [0.4, 0.5) is 4.39 Å². The second-order valence-electron chi connectivity index (χ2n) is 5.87. The Kier molecular flexibility index (Phi) is 6.22. The molecule has 2 N–H and O–H groups in total. The summed E-state index contributed by atoms with van der Waals surface area (Å²) in [6.07, 6.45) is 0. The zero-order valence-corrected chi connectivity index (χ0v) is 15.1. The standard InChI is InChI=1S/C17H20FN5O4/c1-10(17(26)27)22(9-8-19-12(3)24)16(25)15-20-11(2)23(21-15)14-6-4-13(18)5-7-14/h4-7,10H,8-9H2,1-3H3,(H,19,24)(H,26,27). The highest BCUT2D eigenvalue weighted by Gasteiger charge is 2.29. The number of carboxylic acids is 1. The lowest BCUT2D eigenvalue weighted by atomic mass is 10.2. The Hall–Kier alpha value is -3.30. The van der Waals surface area contributed by atoms with Crippen molar-refractivity contribution in [2.75, 3.05) is 13.1 Å². The van der Waals surface area contributed by atoms with Crippen LogP contribution in [0.5, 0.6) is 0 Å². The summed E-state index contributed by atoms with van der Waals surface area (Å²) < 4.78 is 14.5. The van der Waals surface area contributed by atoms with Gasteiger partial charge in [0.15, 0.2) is 0 Å². The van der Waals surface area contributed by atoms with Gasteiger partial charge in [-0.15, -0.1) is 5.10 Å². The Labute approximate surface area is 154 Å². The van der Waals surface area contributed by atoms with Gasteiger partial charge in [0, 0.05) is 20.0 Å². The molecular weight excluding hydrogens is 357 g/mol. The normalized spacial score (nSPS) is 11.7. The molecule has 27 heavy (non-hydrogen) atoms. The van der Waals surface area contributed by atoms with Crippen LogP contribution >= 0.6 is 0 Å². The Morgan fingerprint density at radius 3 is 2.48 bits per heavy atom. The van der Waals surface area contributed by atoms with Crippen molar-refractivity contribution in [1.82, 2.24) is 25.0 Å². The molecule has 9 nitrogen and oxygen atoms in total. The number of amides is 2. The van der Waals surface area contributed by atoms with Crippen LogP contribution in [-0.4, -0.2) is 61.7 Å². The van der Waals surface area contributed by atoms with Crippen LogP contribution < -0.4 is 5.32 Å². The van der Waals surface area contributed by atoms with Gasteiger partial charge in [0.05, 0.1) is 5.69 Å². The molecule has 0 aliphatic heterocycles. The van der Waals surface area contributed by atoms with E-state index in [-0.39, 0.29) is 24.8 Å². The number of carbonyl (C=O) groups is 3. The van der Waals surface area contributed by atoms with Gasteiger partial charge in [-0.25, -0.2) is 18.9 Å². The third-order valence-electron chi connectivity index (χ3n) is 3.84. The summed E-state index contributed by atoms with van der Waals surface area (Å²) in [4.78, 5) is 40.3. The molecule has 1 aromatic heterocycles. The summed E-state index contributed by atoms with van der Waals surface area (Å²) in [5.74, 6) is -2.38. The third-order valence-corrected chi connectivity index (χ3v) is 3.84. The zero-order chi connectivity index (χ0) is 20.1. The van der Waals surface area contributed by atoms with Crippen LogP contribution in [0.25, 0.3) is 5.69 Å². The fourth-order valence-electron chi connectivity index (χ4n) is 2.39. The number of carboxylic acid groups (broad SMARTS) is 1. The van der Waals surface area contributed by atoms with Crippen molar-refractivity contribution in [1.29, 1.82) is 0 Å². The Balaban J connectivity index is 2.28. The predicted octanol–water partition coefficient (Wildman–Crippen LogP) is 0.766. The largest absolute Gasteiger partial charge is 0.480 e. The molecule has 1 atom stereocenters. The van der Waals surface area contributed by atoms with Crippen molar-refractivity contribution in [3.05, 3.63) is 41.7 Å². The average Bonchev–Trinajstić information content (AvgIpc) is 3.00. The number of carbonyl (C=O) groups excluding carboxylic acids is 2. The number of rotatable bonds is 7. The number of aryl methyl sites for hydroxylation is 1. The number of halogens is 1. The van der Waals surface area contributed by atoms with E-state index in [1.54, 1.807) is 6.92 Å². The van der Waals surface area contributed by atoms with Gasteiger partial charge in [-0.3, -0.25) is 9.59 Å². The van der Waals surface area contributed by atoms with E-state index in [9.17, 15) is 23.9 Å². The van der Waals surface area contributed by atoms with Crippen molar-refractivity contribution in [2.24, 2.45) is 0 Å². The van der Waals surface area contributed by atoms with Gasteiger partial charge < -0.3 is 15.3 Å². The van der Waals surface area contributed by atoms with E-state index in [1.807, 2.05) is 0 Å². The Morgan fingerprint density at radius 1 is 1.30 bits per heavy atom. The van der Waals surface area contributed by atoms with Crippen LogP contribution in [0.3, 0.4) is 0 Å². The Bertz CT molecular complexity index is 850. The second-order valence-corrected chi connectivity index (χ2v) is 5.87. The first kappa shape index (κ1) is 20.0. The quantitative estimate of drug-likeness (QED) is 0.736. The summed E-state index contributed by atoms with van der Waals surface area (Å²) in [6.45, 7) is 4.38. The van der Waals surface area contributed by atoms with E-state index in [2.05, 4.69) is 15.4 Å². The molecule has 0 saturated heterocycles. The minimum Gasteiger partial charge on any atom is -0.480 e. The minimum atomic E-state index is -1.19. The van der Waals surface area contributed by atoms with Gasteiger partial charge in [0.25, 0.3) is 5.91 Å². The van der Waals surface area contributed by atoms with Crippen LogP contribution in [0.15, 0.2) is 24.3 Å². The van der Waals surface area contributed by atoms with Gasteiger partial charge in [-0.2, -0.15) is 0 Å². The summed E-state index contributed by atoms with van der Waals surface area (Å²) in [5, 5.41) is 15.9. The fourth-order valence-corrected chi connectivity index (χ4v) is 2.39. The molecule has 0 bridgehead atoms. The SMILES string of the molecule is CC(=O)NCCN(C(=O)c1nc(C)n(-c2ccc(F)cc2)n1)C(C)C(=O)O. The highest BCUT2D eigenvalue weighted by Crippen LogP contribution is 2.12. The molecule has 0 aliphatic carbocycles. The van der Waals surface area contributed by atoms with Gasteiger partial charge in [-0.1, -0.05) is 0 Å². The van der Waals surface area contributed by atoms with E-state index in [0.29, 0.717) is 11.5 Å². The summed E-state index contributed by atoms with van der Waals surface area (Å²) in [7, 11) is 0. The maximum absolute atomic E-state index is 13.1. The van der Waals surface area contributed by atoms with Gasteiger partial charge in [-0.05, 0) is 38.1 Å². The first-order valence-electron chi connectivity index (χ1n) is 8.18. The number of nitrogens with one attached hydrogen (secondary N) is 1. The first-order valence-corrected chi connectivity index (χ1v) is 8.18. The molecule has 144 valence electrons. The lowest BCUT2D eigenvalue weighted by molar-refractivity contribution is -0.141. The highest BCUT2D eigenvalue weighted by molar-refractivity contribution is 5.93. The molecule has 2 rings (SSSR count). The average molecular weight is 377 g/mol. The molecule has 10 heteroatoms. The van der Waals surface area contributed by atoms with Crippen LogP contribution in [0.1, 0.15) is 30.3 Å². The van der Waals surface area contributed by atoms with Crippen molar-refractivity contribution in [2.45, 2.75) is 26.8 Å². The van der Waals surface area contributed by atoms with Crippen LogP contribution in [0.2, 0.25) is 0 Å². The molecule has 0 spiro atoms. The summed E-state index contributed by atoms with van der Waals surface area (Å²) >= 11 is 0. The van der Waals surface area contributed by atoms with E-state index < -0.39 is 23.7 Å². The molecule has 1 aromatic carbocycles. The molecule has 1 unspecified atom stereocenters. The first-order chi connectivity index (χ1) is 12.7. The number of hydrogen-bond acceptors (Lipinski definition) is 5. The molecule has 2 aromatic rings. The van der Waals surface area contributed by atoms with Crippen molar-refractivity contribution >= 4 is 17.8 Å². The number of nitrogens with zero attached hydrogens (tertiary/aromatic N) is 4. The lowest BCUT2D eigenvalue weighted by Gasteiger charge is -2.25. The fraction of sp³-hybridized carbons (Fsp3) is 0.353. The van der Waals surface area contributed by atoms with Gasteiger partial charge >= 0.3 is 5.97 Å². The van der Waals surface area contributed by atoms with E-state index in [0.717, 1.165) is 4.90 Å². The van der Waals surface area contributed by atoms with Crippen molar-refractivity contribution in [3.63, 3.8) is 0 Å². The van der Waals surface area contributed by atoms with Gasteiger partial charge in [0.2, 0.25) is 11.7 Å². The minimum absolute atomic E-state index is 0.0178. The number of benzene rings is 1. The van der Waals surface area contributed by atoms with Gasteiger partial charge in [0.1, 0.15) is 17.7 Å². The smallest absolute Gasteiger partial charge is 0.326 e. The van der Waals surface area contributed by atoms with E-state index >= 15 is 0 Å². The third kappa shape index (κ3) is 4.87. The Morgan fingerprint density at radius 2 is 1.93 bits per heavy atom. The zero-order valence-electron chi connectivity index (χ0n) is 15.1. The number of hydrogen-bond donors (Lipinski definition) is 2. The summed E-state index contributed by atoms with van der Waals surface area (Å²) in [5.41, 5.74) is 0.511. The molecule has 1 heterocycles. The molecular formula is C17H20FN5O4. The van der Waals surface area contributed by atoms with E-state index in [1.165, 1.54) is 42.8 Å². The summed E-state index contributed by atoms with van der Waals surface area (Å²) in [6, 6.07) is 4.35. The lowest BCUT2D eigenvalue weighted by Crippen LogP contribution is -2.47. The van der Waals surface area contributed by atoms with Crippen molar-refractivity contribution < 1.29 is 23.9 Å². The molecule has 2 amide bonds. The predicted molar refractivity (Wildman–Crippen MR) is 92.9 cm³/mol. The molecule has 0 fully saturated rings. The van der Waals surface area contributed by atoms with Crippen LogP contribution in [0, 0.1) is 12.7 Å². The topological polar surface area (TPSA) is 117 Å². The monoisotopic (exact) mass is 377 g/mol.